The van der Waals surface area contributed by atoms with Gasteiger partial charge in [0.25, 0.3) is 0 Å². The standard InChI is InChI=1S/C16H25ClFN/c1-4-6-8-12(5-2)11-15(19-3)13-9-7-10-14(17)16(13)18/h7,9-10,12,15,19H,4-6,8,11H2,1-3H3. The van der Waals surface area contributed by atoms with Crippen LogP contribution in [0.2, 0.25) is 5.02 Å². The summed E-state index contributed by atoms with van der Waals surface area (Å²) in [7, 11) is 1.89. The molecule has 1 N–H and O–H groups in total. The van der Waals surface area contributed by atoms with Crippen molar-refractivity contribution in [3.63, 3.8) is 0 Å². The molecule has 1 aromatic carbocycles. The van der Waals surface area contributed by atoms with Crippen LogP contribution in [-0.4, -0.2) is 7.05 Å². The molecule has 2 atom stereocenters. The van der Waals surface area contributed by atoms with Crippen molar-refractivity contribution in [1.82, 2.24) is 5.32 Å². The van der Waals surface area contributed by atoms with Crippen molar-refractivity contribution in [1.29, 1.82) is 0 Å². The molecule has 1 rings (SSSR count). The summed E-state index contributed by atoms with van der Waals surface area (Å²) in [6.45, 7) is 4.42. The maximum atomic E-state index is 14.1. The molecule has 2 unspecified atom stereocenters. The Bertz CT molecular complexity index is 381. The van der Waals surface area contributed by atoms with Crippen molar-refractivity contribution < 1.29 is 4.39 Å². The van der Waals surface area contributed by atoms with Gasteiger partial charge < -0.3 is 5.32 Å². The number of halogens is 2. The average molecular weight is 286 g/mol. The van der Waals surface area contributed by atoms with Crippen LogP contribution >= 0.6 is 11.6 Å². The van der Waals surface area contributed by atoms with Crippen molar-refractivity contribution in [2.45, 2.75) is 52.0 Å². The van der Waals surface area contributed by atoms with Crippen molar-refractivity contribution in [2.75, 3.05) is 7.05 Å². The number of unbranched alkanes of at least 4 members (excludes halogenated alkanes) is 1. The van der Waals surface area contributed by atoms with Crippen LogP contribution < -0.4 is 5.32 Å². The molecule has 0 saturated heterocycles. The summed E-state index contributed by atoms with van der Waals surface area (Å²) in [5, 5.41) is 3.44. The molecular formula is C16H25ClFN. The molecule has 0 aromatic heterocycles. The number of nitrogens with one attached hydrogen (secondary N) is 1. The zero-order chi connectivity index (χ0) is 14.3. The largest absolute Gasteiger partial charge is 0.313 e. The van der Waals surface area contributed by atoms with E-state index >= 15 is 0 Å². The highest BCUT2D eigenvalue weighted by Crippen LogP contribution is 2.30. The summed E-state index contributed by atoms with van der Waals surface area (Å²) in [5.74, 6) is 0.352. The van der Waals surface area contributed by atoms with Crippen LogP contribution in [0, 0.1) is 11.7 Å². The minimum atomic E-state index is -0.283. The third-order valence-electron chi connectivity index (χ3n) is 3.82. The minimum absolute atomic E-state index is 0.0421. The van der Waals surface area contributed by atoms with Gasteiger partial charge in [-0.15, -0.1) is 0 Å². The summed E-state index contributed by atoms with van der Waals surface area (Å²) in [6, 6.07) is 5.29. The first kappa shape index (κ1) is 16.5. The Morgan fingerprint density at radius 3 is 2.63 bits per heavy atom. The van der Waals surface area contributed by atoms with E-state index in [2.05, 4.69) is 19.2 Å². The predicted octanol–water partition coefficient (Wildman–Crippen LogP) is 5.35. The fourth-order valence-corrected chi connectivity index (χ4v) is 2.69. The number of benzene rings is 1. The highest BCUT2D eigenvalue weighted by molar-refractivity contribution is 6.30. The Labute approximate surface area is 121 Å². The van der Waals surface area contributed by atoms with Gasteiger partial charge in [-0.05, 0) is 25.5 Å². The molecule has 0 bridgehead atoms. The Morgan fingerprint density at radius 2 is 2.05 bits per heavy atom. The maximum absolute atomic E-state index is 14.1. The van der Waals surface area contributed by atoms with Crippen molar-refractivity contribution in [2.24, 2.45) is 5.92 Å². The second-order valence-electron chi connectivity index (χ2n) is 5.14. The van der Waals surface area contributed by atoms with Crippen molar-refractivity contribution >= 4 is 11.6 Å². The van der Waals surface area contributed by atoms with Gasteiger partial charge in [-0.2, -0.15) is 0 Å². The Balaban J connectivity index is 2.79. The Morgan fingerprint density at radius 1 is 1.32 bits per heavy atom. The quantitative estimate of drug-likeness (QED) is 0.679. The van der Waals surface area contributed by atoms with Crippen LogP contribution in [0.15, 0.2) is 18.2 Å². The lowest BCUT2D eigenvalue weighted by atomic mass is 9.89. The minimum Gasteiger partial charge on any atom is -0.313 e. The molecule has 0 aliphatic heterocycles. The smallest absolute Gasteiger partial charge is 0.146 e. The van der Waals surface area contributed by atoms with E-state index in [4.69, 9.17) is 11.6 Å². The Hall–Kier alpha value is -0.600. The third-order valence-corrected chi connectivity index (χ3v) is 4.11. The molecular weight excluding hydrogens is 261 g/mol. The molecule has 1 aromatic rings. The van der Waals surface area contributed by atoms with Gasteiger partial charge in [0.05, 0.1) is 5.02 Å². The van der Waals surface area contributed by atoms with Crippen LogP contribution in [0.4, 0.5) is 4.39 Å². The lowest BCUT2D eigenvalue weighted by molar-refractivity contribution is 0.359. The van der Waals surface area contributed by atoms with E-state index < -0.39 is 0 Å². The maximum Gasteiger partial charge on any atom is 0.146 e. The number of hydrogen-bond acceptors (Lipinski definition) is 1. The zero-order valence-corrected chi connectivity index (χ0v) is 12.9. The summed E-state index contributed by atoms with van der Waals surface area (Å²) < 4.78 is 14.1. The van der Waals surface area contributed by atoms with Crippen molar-refractivity contribution in [3.8, 4) is 0 Å². The van der Waals surface area contributed by atoms with E-state index in [1.54, 1.807) is 6.07 Å². The normalized spacial score (nSPS) is 14.4. The van der Waals surface area contributed by atoms with Gasteiger partial charge in [0, 0.05) is 11.6 Å². The topological polar surface area (TPSA) is 12.0 Å². The van der Waals surface area contributed by atoms with Crippen LogP contribution in [0.5, 0.6) is 0 Å². The lowest BCUT2D eigenvalue weighted by Gasteiger charge is -2.23. The SMILES string of the molecule is CCCCC(CC)CC(NC)c1cccc(Cl)c1F. The van der Waals surface area contributed by atoms with Crippen LogP contribution in [0.1, 0.15) is 57.6 Å². The van der Waals surface area contributed by atoms with E-state index in [1.165, 1.54) is 19.3 Å². The molecule has 0 amide bonds. The van der Waals surface area contributed by atoms with Gasteiger partial charge in [-0.25, -0.2) is 4.39 Å². The Kier molecular flexibility index (Phi) is 7.40. The van der Waals surface area contributed by atoms with E-state index in [0.717, 1.165) is 12.8 Å². The molecule has 0 radical (unpaired) electrons. The van der Waals surface area contributed by atoms with E-state index in [0.29, 0.717) is 11.5 Å². The summed E-state index contributed by atoms with van der Waals surface area (Å²) in [4.78, 5) is 0. The van der Waals surface area contributed by atoms with Gasteiger partial charge in [0.15, 0.2) is 0 Å². The number of rotatable bonds is 8. The van der Waals surface area contributed by atoms with E-state index in [9.17, 15) is 4.39 Å². The second kappa shape index (κ2) is 8.55. The first-order valence-electron chi connectivity index (χ1n) is 7.25. The summed E-state index contributed by atoms with van der Waals surface area (Å²) >= 11 is 5.87. The molecule has 0 spiro atoms. The monoisotopic (exact) mass is 285 g/mol. The average Bonchev–Trinajstić information content (AvgIpc) is 2.43. The first-order chi connectivity index (χ1) is 9.13. The van der Waals surface area contributed by atoms with Crippen molar-refractivity contribution in [3.05, 3.63) is 34.6 Å². The molecule has 1 nitrogen and oxygen atoms in total. The fraction of sp³-hybridized carbons (Fsp3) is 0.625. The van der Waals surface area contributed by atoms with Gasteiger partial charge in [0.2, 0.25) is 0 Å². The molecule has 19 heavy (non-hydrogen) atoms. The molecule has 0 fully saturated rings. The van der Waals surface area contributed by atoms with Gasteiger partial charge >= 0.3 is 0 Å². The molecule has 0 aliphatic carbocycles. The zero-order valence-electron chi connectivity index (χ0n) is 12.2. The highest BCUT2D eigenvalue weighted by Gasteiger charge is 2.19. The van der Waals surface area contributed by atoms with E-state index in [1.807, 2.05) is 19.2 Å². The highest BCUT2D eigenvalue weighted by atomic mass is 35.5. The lowest BCUT2D eigenvalue weighted by Crippen LogP contribution is -2.21. The van der Waals surface area contributed by atoms with Crippen LogP contribution in [0.3, 0.4) is 0 Å². The van der Waals surface area contributed by atoms with Crippen LogP contribution in [-0.2, 0) is 0 Å². The molecule has 0 saturated carbocycles. The summed E-state index contributed by atoms with van der Waals surface area (Å²) in [6.07, 6.45) is 5.78. The molecule has 0 heterocycles. The third kappa shape index (κ3) is 4.77. The van der Waals surface area contributed by atoms with Gasteiger partial charge in [-0.3, -0.25) is 0 Å². The van der Waals surface area contributed by atoms with Gasteiger partial charge in [0.1, 0.15) is 5.82 Å². The second-order valence-corrected chi connectivity index (χ2v) is 5.54. The van der Waals surface area contributed by atoms with Gasteiger partial charge in [-0.1, -0.05) is 63.3 Å². The predicted molar refractivity (Wildman–Crippen MR) is 81.1 cm³/mol. The molecule has 3 heteroatoms. The fourth-order valence-electron chi connectivity index (χ4n) is 2.50. The summed E-state index contributed by atoms with van der Waals surface area (Å²) in [5.41, 5.74) is 0.685. The first-order valence-corrected chi connectivity index (χ1v) is 7.62. The molecule has 108 valence electrons. The molecule has 0 aliphatic rings. The number of hydrogen-bond donors (Lipinski definition) is 1. The van der Waals surface area contributed by atoms with E-state index in [-0.39, 0.29) is 16.9 Å². The van der Waals surface area contributed by atoms with Crippen LogP contribution in [0.25, 0.3) is 0 Å².